The van der Waals surface area contributed by atoms with Crippen LogP contribution in [0.15, 0.2) is 22.8 Å². The van der Waals surface area contributed by atoms with Gasteiger partial charge in [0, 0.05) is 7.05 Å². The molecular formula is C9H12N4O. The maximum Gasteiger partial charge on any atom is 0.199 e. The molecule has 0 aliphatic rings. The van der Waals surface area contributed by atoms with E-state index in [1.54, 1.807) is 6.26 Å². The van der Waals surface area contributed by atoms with E-state index in [0.717, 1.165) is 17.4 Å². The molecule has 0 saturated heterocycles. The van der Waals surface area contributed by atoms with Crippen molar-refractivity contribution in [3.63, 3.8) is 0 Å². The van der Waals surface area contributed by atoms with E-state index in [4.69, 9.17) is 4.42 Å². The van der Waals surface area contributed by atoms with Crippen LogP contribution in [0.5, 0.6) is 0 Å². The average Bonchev–Trinajstić information content (AvgIpc) is 2.77. The Morgan fingerprint density at radius 2 is 2.36 bits per heavy atom. The quantitative estimate of drug-likeness (QED) is 0.781. The van der Waals surface area contributed by atoms with Crippen LogP contribution in [-0.4, -0.2) is 21.8 Å². The zero-order valence-electron chi connectivity index (χ0n) is 8.19. The highest BCUT2D eigenvalue weighted by molar-refractivity contribution is 5.46. The minimum Gasteiger partial charge on any atom is -0.461 e. The number of hydrogen-bond donors (Lipinski definition) is 1. The molecule has 0 atom stereocenters. The summed E-state index contributed by atoms with van der Waals surface area (Å²) in [7, 11) is 3.80. The van der Waals surface area contributed by atoms with Crippen LogP contribution in [0.25, 0.3) is 11.6 Å². The average molecular weight is 192 g/mol. The van der Waals surface area contributed by atoms with Crippen molar-refractivity contribution >= 4 is 0 Å². The molecule has 0 bridgehead atoms. The van der Waals surface area contributed by atoms with E-state index in [2.05, 4.69) is 15.5 Å². The number of nitrogens with zero attached hydrogens (tertiary/aromatic N) is 3. The number of hydrogen-bond acceptors (Lipinski definition) is 4. The second-order valence-electron chi connectivity index (χ2n) is 3.01. The lowest BCUT2D eigenvalue weighted by molar-refractivity contribution is 0.572. The van der Waals surface area contributed by atoms with Gasteiger partial charge in [-0.25, -0.2) is 0 Å². The van der Waals surface area contributed by atoms with Gasteiger partial charge in [0.25, 0.3) is 0 Å². The first-order chi connectivity index (χ1) is 6.83. The van der Waals surface area contributed by atoms with Gasteiger partial charge >= 0.3 is 0 Å². The molecule has 5 nitrogen and oxygen atoms in total. The summed E-state index contributed by atoms with van der Waals surface area (Å²) in [5.74, 6) is 2.38. The fourth-order valence-electron chi connectivity index (χ4n) is 1.29. The molecule has 0 amide bonds. The minimum atomic E-state index is 0.699. The van der Waals surface area contributed by atoms with Crippen molar-refractivity contribution in [1.82, 2.24) is 20.1 Å². The highest BCUT2D eigenvalue weighted by Crippen LogP contribution is 2.16. The van der Waals surface area contributed by atoms with Crippen LogP contribution < -0.4 is 5.32 Å². The van der Waals surface area contributed by atoms with Crippen LogP contribution in [0.3, 0.4) is 0 Å². The van der Waals surface area contributed by atoms with Gasteiger partial charge in [-0.3, -0.25) is 0 Å². The molecule has 2 heterocycles. The lowest BCUT2D eigenvalue weighted by atomic mass is 10.4. The second kappa shape index (κ2) is 3.63. The molecule has 0 unspecified atom stereocenters. The Hall–Kier alpha value is -1.62. The molecule has 14 heavy (non-hydrogen) atoms. The van der Waals surface area contributed by atoms with Gasteiger partial charge in [0.1, 0.15) is 5.82 Å². The molecule has 2 rings (SSSR count). The molecule has 5 heteroatoms. The topological polar surface area (TPSA) is 55.9 Å². The zero-order chi connectivity index (χ0) is 9.97. The molecule has 0 radical (unpaired) electrons. The van der Waals surface area contributed by atoms with Gasteiger partial charge in [0.2, 0.25) is 0 Å². The minimum absolute atomic E-state index is 0.699. The van der Waals surface area contributed by atoms with E-state index in [-0.39, 0.29) is 0 Å². The summed E-state index contributed by atoms with van der Waals surface area (Å²) in [6.07, 6.45) is 1.63. The van der Waals surface area contributed by atoms with Crippen molar-refractivity contribution in [3.8, 4) is 11.6 Å². The Kier molecular flexibility index (Phi) is 2.32. The first-order valence-corrected chi connectivity index (χ1v) is 4.39. The predicted octanol–water partition coefficient (Wildman–Crippen LogP) is 0.794. The third-order valence-electron chi connectivity index (χ3n) is 2.04. The van der Waals surface area contributed by atoms with E-state index in [1.807, 2.05) is 30.8 Å². The van der Waals surface area contributed by atoms with E-state index < -0.39 is 0 Å². The standard InChI is InChI=1S/C9H12N4O/c1-10-6-8-11-12-9(13(8)2)7-4-3-5-14-7/h3-5,10H,6H2,1-2H3. The van der Waals surface area contributed by atoms with Gasteiger partial charge in [0.05, 0.1) is 12.8 Å². The van der Waals surface area contributed by atoms with Gasteiger partial charge in [-0.15, -0.1) is 10.2 Å². The van der Waals surface area contributed by atoms with Crippen molar-refractivity contribution in [2.24, 2.45) is 7.05 Å². The van der Waals surface area contributed by atoms with Gasteiger partial charge in [-0.05, 0) is 19.2 Å². The fraction of sp³-hybridized carbons (Fsp3) is 0.333. The second-order valence-corrected chi connectivity index (χ2v) is 3.01. The lowest BCUT2D eigenvalue weighted by Gasteiger charge is -2.00. The summed E-state index contributed by atoms with van der Waals surface area (Å²) in [6.45, 7) is 0.699. The summed E-state index contributed by atoms with van der Waals surface area (Å²) in [5, 5.41) is 11.1. The van der Waals surface area contributed by atoms with Crippen molar-refractivity contribution < 1.29 is 4.42 Å². The first kappa shape index (κ1) is 8.96. The maximum absolute atomic E-state index is 5.25. The first-order valence-electron chi connectivity index (χ1n) is 4.39. The number of rotatable bonds is 3. The molecule has 74 valence electrons. The van der Waals surface area contributed by atoms with Crippen molar-refractivity contribution in [2.45, 2.75) is 6.54 Å². The molecule has 2 aromatic rings. The summed E-state index contributed by atoms with van der Waals surface area (Å²) in [4.78, 5) is 0. The molecule has 1 N–H and O–H groups in total. The van der Waals surface area contributed by atoms with Gasteiger partial charge in [0.15, 0.2) is 11.6 Å². The zero-order valence-corrected chi connectivity index (χ0v) is 8.19. The lowest BCUT2D eigenvalue weighted by Crippen LogP contribution is -2.10. The Labute approximate surface area is 81.8 Å². The van der Waals surface area contributed by atoms with Crippen molar-refractivity contribution in [2.75, 3.05) is 7.05 Å². The smallest absolute Gasteiger partial charge is 0.199 e. The summed E-state index contributed by atoms with van der Waals surface area (Å²) < 4.78 is 7.16. The van der Waals surface area contributed by atoms with E-state index >= 15 is 0 Å². The van der Waals surface area contributed by atoms with Gasteiger partial charge in [-0.1, -0.05) is 0 Å². The van der Waals surface area contributed by atoms with E-state index in [0.29, 0.717) is 6.54 Å². The Morgan fingerprint density at radius 1 is 1.50 bits per heavy atom. The Balaban J connectivity index is 2.36. The van der Waals surface area contributed by atoms with Crippen molar-refractivity contribution in [1.29, 1.82) is 0 Å². The largest absolute Gasteiger partial charge is 0.461 e. The van der Waals surface area contributed by atoms with Crippen molar-refractivity contribution in [3.05, 3.63) is 24.2 Å². The number of furan rings is 1. The summed E-state index contributed by atoms with van der Waals surface area (Å²) in [5.41, 5.74) is 0. The van der Waals surface area contributed by atoms with Crippen LogP contribution in [0, 0.1) is 0 Å². The molecule has 2 aromatic heterocycles. The summed E-state index contributed by atoms with van der Waals surface area (Å²) >= 11 is 0. The maximum atomic E-state index is 5.25. The molecule has 0 aliphatic heterocycles. The van der Waals surface area contributed by atoms with Crippen LogP contribution in [-0.2, 0) is 13.6 Å². The molecule has 0 saturated carbocycles. The molecule has 0 spiro atoms. The highest BCUT2D eigenvalue weighted by Gasteiger charge is 2.11. The normalized spacial score (nSPS) is 10.7. The van der Waals surface area contributed by atoms with Gasteiger partial charge < -0.3 is 14.3 Å². The SMILES string of the molecule is CNCc1nnc(-c2ccco2)n1C. The molecule has 0 aliphatic carbocycles. The number of nitrogens with one attached hydrogen (secondary N) is 1. The van der Waals surface area contributed by atoms with E-state index in [9.17, 15) is 0 Å². The van der Waals surface area contributed by atoms with Crippen LogP contribution in [0.2, 0.25) is 0 Å². The predicted molar refractivity (Wildman–Crippen MR) is 51.5 cm³/mol. The Morgan fingerprint density at radius 3 is 3.00 bits per heavy atom. The number of aromatic nitrogens is 3. The fourth-order valence-corrected chi connectivity index (χ4v) is 1.29. The summed E-state index contributed by atoms with van der Waals surface area (Å²) in [6, 6.07) is 3.70. The molecule has 0 aromatic carbocycles. The Bertz CT molecular complexity index is 404. The van der Waals surface area contributed by atoms with Gasteiger partial charge in [-0.2, -0.15) is 0 Å². The van der Waals surface area contributed by atoms with Crippen LogP contribution in [0.4, 0.5) is 0 Å². The molecular weight excluding hydrogens is 180 g/mol. The van der Waals surface area contributed by atoms with Crippen LogP contribution in [0.1, 0.15) is 5.82 Å². The highest BCUT2D eigenvalue weighted by atomic mass is 16.3. The van der Waals surface area contributed by atoms with Crippen LogP contribution >= 0.6 is 0 Å². The third-order valence-corrected chi connectivity index (χ3v) is 2.04. The third kappa shape index (κ3) is 1.42. The van der Waals surface area contributed by atoms with E-state index in [1.165, 1.54) is 0 Å². The molecule has 0 fully saturated rings. The monoisotopic (exact) mass is 192 g/mol.